The Balaban J connectivity index is 1.71. The summed E-state index contributed by atoms with van der Waals surface area (Å²) >= 11 is 12.6. The second kappa shape index (κ2) is 9.57. The van der Waals surface area contributed by atoms with Gasteiger partial charge in [-0.15, -0.1) is 0 Å². The highest BCUT2D eigenvalue weighted by molar-refractivity contribution is 6.35. The van der Waals surface area contributed by atoms with E-state index in [0.29, 0.717) is 52.5 Å². The second-order valence-electron chi connectivity index (χ2n) is 6.65. The van der Waals surface area contributed by atoms with Crippen molar-refractivity contribution in [3.8, 4) is 17.2 Å². The molecule has 0 atom stereocenters. The van der Waals surface area contributed by atoms with E-state index in [1.165, 1.54) is 14.2 Å². The van der Waals surface area contributed by atoms with Gasteiger partial charge in [0.05, 0.1) is 26.9 Å². The van der Waals surface area contributed by atoms with Gasteiger partial charge >= 0.3 is 0 Å². The van der Waals surface area contributed by atoms with Crippen LogP contribution < -0.4 is 14.2 Å². The monoisotopic (exact) mass is 438 g/mol. The van der Waals surface area contributed by atoms with Crippen molar-refractivity contribution in [3.05, 3.63) is 51.5 Å². The van der Waals surface area contributed by atoms with Gasteiger partial charge in [0, 0.05) is 48.3 Å². The van der Waals surface area contributed by atoms with E-state index in [0.717, 1.165) is 18.7 Å². The first-order valence-corrected chi connectivity index (χ1v) is 9.99. The fourth-order valence-corrected chi connectivity index (χ4v) is 3.97. The molecule has 2 aromatic carbocycles. The third-order valence-corrected chi connectivity index (χ3v) is 5.75. The lowest BCUT2D eigenvalue weighted by atomic mass is 10.1. The Hall–Kier alpha value is -2.15. The van der Waals surface area contributed by atoms with Crippen LogP contribution in [0.15, 0.2) is 30.3 Å². The molecule has 0 bridgehead atoms. The molecule has 0 aliphatic carbocycles. The van der Waals surface area contributed by atoms with Crippen LogP contribution in [0.2, 0.25) is 10.0 Å². The van der Waals surface area contributed by atoms with Gasteiger partial charge in [0.15, 0.2) is 11.5 Å². The van der Waals surface area contributed by atoms with Crippen molar-refractivity contribution < 1.29 is 19.0 Å². The Morgan fingerprint density at radius 3 is 2.07 bits per heavy atom. The molecule has 0 radical (unpaired) electrons. The minimum absolute atomic E-state index is 0.0989. The molecule has 6 nitrogen and oxygen atoms in total. The number of amides is 1. The van der Waals surface area contributed by atoms with Gasteiger partial charge in [-0.1, -0.05) is 29.3 Å². The predicted octanol–water partition coefficient (Wildman–Crippen LogP) is 3.98. The number of halogens is 2. The number of ether oxygens (including phenoxy) is 3. The predicted molar refractivity (Wildman–Crippen MR) is 114 cm³/mol. The van der Waals surface area contributed by atoms with Crippen LogP contribution in [-0.4, -0.2) is 63.2 Å². The van der Waals surface area contributed by atoms with Gasteiger partial charge in [-0.25, -0.2) is 0 Å². The number of benzene rings is 2. The molecular formula is C21H24Cl2N2O4. The quantitative estimate of drug-likeness (QED) is 0.682. The molecule has 1 fully saturated rings. The van der Waals surface area contributed by atoms with E-state index in [1.54, 1.807) is 19.2 Å². The number of carbonyl (C=O) groups excluding carboxylic acids is 1. The highest BCUT2D eigenvalue weighted by Gasteiger charge is 2.27. The molecule has 0 saturated carbocycles. The van der Waals surface area contributed by atoms with Crippen molar-refractivity contribution >= 4 is 29.1 Å². The molecule has 0 aromatic heterocycles. The summed E-state index contributed by atoms with van der Waals surface area (Å²) in [4.78, 5) is 17.2. The normalized spacial score (nSPS) is 14.6. The van der Waals surface area contributed by atoms with E-state index in [9.17, 15) is 4.79 Å². The van der Waals surface area contributed by atoms with Crippen LogP contribution in [0.25, 0.3) is 0 Å². The molecule has 1 aliphatic heterocycles. The molecule has 1 aliphatic rings. The van der Waals surface area contributed by atoms with E-state index in [4.69, 9.17) is 37.4 Å². The molecule has 156 valence electrons. The lowest BCUT2D eigenvalue weighted by Gasteiger charge is -2.35. The second-order valence-corrected chi connectivity index (χ2v) is 7.46. The smallest absolute Gasteiger partial charge is 0.257 e. The standard InChI is InChI=1S/C21H24Cl2N2O4/c1-27-18-8-7-14(19(28-2)20(18)29-3)21(26)25-11-9-24(10-12-25)13-15-16(22)5-4-6-17(15)23/h4-8H,9-13H2,1-3H3. The van der Waals surface area contributed by atoms with Crippen molar-refractivity contribution in [2.45, 2.75) is 6.54 Å². The molecule has 0 unspecified atom stereocenters. The number of carbonyl (C=O) groups is 1. The van der Waals surface area contributed by atoms with Crippen molar-refractivity contribution in [2.75, 3.05) is 47.5 Å². The molecule has 1 saturated heterocycles. The highest BCUT2D eigenvalue weighted by Crippen LogP contribution is 2.40. The average Bonchev–Trinajstić information content (AvgIpc) is 2.75. The molecule has 1 heterocycles. The van der Waals surface area contributed by atoms with E-state index in [-0.39, 0.29) is 5.91 Å². The van der Waals surface area contributed by atoms with Crippen LogP contribution in [0, 0.1) is 0 Å². The number of hydrogen-bond acceptors (Lipinski definition) is 5. The number of piperazine rings is 1. The summed E-state index contributed by atoms with van der Waals surface area (Å²) in [6.07, 6.45) is 0. The van der Waals surface area contributed by atoms with Crippen LogP contribution >= 0.6 is 23.2 Å². The third kappa shape index (κ3) is 4.55. The highest BCUT2D eigenvalue weighted by atomic mass is 35.5. The molecule has 2 aromatic rings. The Morgan fingerprint density at radius 2 is 1.52 bits per heavy atom. The van der Waals surface area contributed by atoms with Gasteiger partial charge in [-0.2, -0.15) is 0 Å². The van der Waals surface area contributed by atoms with E-state index < -0.39 is 0 Å². The third-order valence-electron chi connectivity index (χ3n) is 5.04. The summed E-state index contributed by atoms with van der Waals surface area (Å²) in [5, 5.41) is 1.32. The zero-order chi connectivity index (χ0) is 21.0. The molecule has 29 heavy (non-hydrogen) atoms. The first-order valence-electron chi connectivity index (χ1n) is 9.23. The maximum Gasteiger partial charge on any atom is 0.257 e. The van der Waals surface area contributed by atoms with Crippen molar-refractivity contribution in [2.24, 2.45) is 0 Å². The summed E-state index contributed by atoms with van der Waals surface area (Å²) in [6.45, 7) is 3.29. The number of hydrogen-bond donors (Lipinski definition) is 0. The van der Waals surface area contributed by atoms with Gasteiger partial charge < -0.3 is 19.1 Å². The van der Waals surface area contributed by atoms with E-state index in [2.05, 4.69) is 4.90 Å². The Bertz CT molecular complexity index is 863. The number of rotatable bonds is 6. The molecule has 0 spiro atoms. The van der Waals surface area contributed by atoms with Gasteiger partial charge in [0.1, 0.15) is 0 Å². The van der Waals surface area contributed by atoms with Gasteiger partial charge in [0.2, 0.25) is 5.75 Å². The largest absolute Gasteiger partial charge is 0.493 e. The molecule has 0 N–H and O–H groups in total. The summed E-state index contributed by atoms with van der Waals surface area (Å²) < 4.78 is 16.1. The average molecular weight is 439 g/mol. The summed E-state index contributed by atoms with van der Waals surface area (Å²) in [6, 6.07) is 8.93. The minimum Gasteiger partial charge on any atom is -0.493 e. The summed E-state index contributed by atoms with van der Waals surface area (Å²) in [5.41, 5.74) is 1.37. The molecule has 3 rings (SSSR count). The summed E-state index contributed by atoms with van der Waals surface area (Å²) in [5.74, 6) is 1.20. The first kappa shape index (κ1) is 21.6. The SMILES string of the molecule is COc1ccc(C(=O)N2CCN(Cc3c(Cl)cccc3Cl)CC2)c(OC)c1OC. The zero-order valence-electron chi connectivity index (χ0n) is 16.7. The van der Waals surface area contributed by atoms with E-state index >= 15 is 0 Å². The minimum atomic E-state index is -0.0989. The number of methoxy groups -OCH3 is 3. The maximum atomic E-state index is 13.1. The first-order chi connectivity index (χ1) is 14.0. The van der Waals surface area contributed by atoms with Crippen LogP contribution in [0.4, 0.5) is 0 Å². The Kier molecular flexibility index (Phi) is 7.11. The van der Waals surface area contributed by atoms with Gasteiger partial charge in [-0.05, 0) is 24.3 Å². The molecule has 1 amide bonds. The summed E-state index contributed by atoms with van der Waals surface area (Å²) in [7, 11) is 4.58. The van der Waals surface area contributed by atoms with Gasteiger partial charge in [-0.3, -0.25) is 9.69 Å². The topological polar surface area (TPSA) is 51.2 Å². The lowest BCUT2D eigenvalue weighted by Crippen LogP contribution is -2.48. The van der Waals surface area contributed by atoms with Crippen LogP contribution in [0.3, 0.4) is 0 Å². The maximum absolute atomic E-state index is 13.1. The van der Waals surface area contributed by atoms with Crippen molar-refractivity contribution in [1.29, 1.82) is 0 Å². The van der Waals surface area contributed by atoms with E-state index in [1.807, 2.05) is 23.1 Å². The molecular weight excluding hydrogens is 415 g/mol. The zero-order valence-corrected chi connectivity index (χ0v) is 18.2. The fourth-order valence-electron chi connectivity index (χ4n) is 3.46. The van der Waals surface area contributed by atoms with Gasteiger partial charge in [0.25, 0.3) is 5.91 Å². The van der Waals surface area contributed by atoms with Crippen molar-refractivity contribution in [1.82, 2.24) is 9.80 Å². The Morgan fingerprint density at radius 1 is 0.897 bits per heavy atom. The van der Waals surface area contributed by atoms with Crippen LogP contribution in [0.1, 0.15) is 15.9 Å². The molecule has 8 heteroatoms. The number of nitrogens with zero attached hydrogens (tertiary/aromatic N) is 2. The lowest BCUT2D eigenvalue weighted by molar-refractivity contribution is 0.0624. The van der Waals surface area contributed by atoms with Crippen LogP contribution in [-0.2, 0) is 6.54 Å². The van der Waals surface area contributed by atoms with Crippen molar-refractivity contribution in [3.63, 3.8) is 0 Å². The Labute approximate surface area is 180 Å². The fraction of sp³-hybridized carbons (Fsp3) is 0.381. The van der Waals surface area contributed by atoms with Crippen LogP contribution in [0.5, 0.6) is 17.2 Å².